The molecule has 6 rings (SSSR count). The lowest BCUT2D eigenvalue weighted by molar-refractivity contribution is 1.21. The Labute approximate surface area is 151 Å². The van der Waals surface area contributed by atoms with E-state index in [1.165, 1.54) is 38.4 Å². The molecule has 2 heteroatoms. The van der Waals surface area contributed by atoms with Crippen LogP contribution in [0.1, 0.15) is 16.7 Å². The zero-order valence-electron chi connectivity index (χ0n) is 14.5. The zero-order chi connectivity index (χ0) is 17.3. The topological polar surface area (TPSA) is 25.8 Å². The van der Waals surface area contributed by atoms with Gasteiger partial charge in [0, 0.05) is 29.0 Å². The van der Waals surface area contributed by atoms with Gasteiger partial charge in [0.05, 0.1) is 16.7 Å². The lowest BCUT2D eigenvalue weighted by Crippen LogP contribution is -1.94. The van der Waals surface area contributed by atoms with Crippen molar-refractivity contribution < 1.29 is 0 Å². The van der Waals surface area contributed by atoms with Crippen molar-refractivity contribution in [1.29, 1.82) is 0 Å². The minimum atomic E-state index is 0.963. The van der Waals surface area contributed by atoms with Crippen molar-refractivity contribution in [2.24, 2.45) is 0 Å². The van der Waals surface area contributed by atoms with Gasteiger partial charge >= 0.3 is 0 Å². The van der Waals surface area contributed by atoms with E-state index in [1.807, 2.05) is 12.3 Å². The van der Waals surface area contributed by atoms with Crippen molar-refractivity contribution in [2.75, 3.05) is 0 Å². The van der Waals surface area contributed by atoms with Crippen LogP contribution in [0.4, 0.5) is 0 Å². The number of hydrogen-bond acceptors (Lipinski definition) is 2. The third-order valence-electron chi connectivity index (χ3n) is 5.73. The lowest BCUT2D eigenvalue weighted by Gasteiger charge is -2.11. The van der Waals surface area contributed by atoms with Gasteiger partial charge in [-0.05, 0) is 40.5 Å². The summed E-state index contributed by atoms with van der Waals surface area (Å²) in [4.78, 5) is 9.81. The van der Waals surface area contributed by atoms with Crippen LogP contribution in [0.15, 0.2) is 66.9 Å². The minimum absolute atomic E-state index is 0.963. The Morgan fingerprint density at radius 3 is 2.58 bits per heavy atom. The van der Waals surface area contributed by atoms with Crippen LogP contribution >= 0.6 is 0 Å². The van der Waals surface area contributed by atoms with Crippen LogP contribution in [-0.2, 0) is 6.42 Å². The molecule has 0 unspecified atom stereocenters. The number of rotatable bonds is 0. The summed E-state index contributed by atoms with van der Waals surface area (Å²) in [5, 5.41) is 4.92. The molecule has 0 fully saturated rings. The van der Waals surface area contributed by atoms with E-state index in [0.717, 1.165) is 28.5 Å². The van der Waals surface area contributed by atoms with Crippen molar-refractivity contribution in [2.45, 2.75) is 13.3 Å². The van der Waals surface area contributed by atoms with Gasteiger partial charge in [0.1, 0.15) is 0 Å². The molecule has 3 aromatic carbocycles. The number of hydrogen-bond donors (Lipinski definition) is 0. The zero-order valence-corrected chi connectivity index (χ0v) is 14.5. The summed E-state index contributed by atoms with van der Waals surface area (Å²) in [7, 11) is 0. The van der Waals surface area contributed by atoms with Crippen molar-refractivity contribution in [3.05, 3.63) is 83.6 Å². The van der Waals surface area contributed by atoms with Crippen LogP contribution in [0.3, 0.4) is 0 Å². The Balaban J connectivity index is 1.80. The van der Waals surface area contributed by atoms with E-state index >= 15 is 0 Å². The molecule has 0 atom stereocenters. The van der Waals surface area contributed by atoms with Crippen molar-refractivity contribution in [3.8, 4) is 11.3 Å². The molecule has 2 heterocycles. The van der Waals surface area contributed by atoms with Gasteiger partial charge < -0.3 is 0 Å². The highest BCUT2D eigenvalue weighted by atomic mass is 14.8. The summed E-state index contributed by atoms with van der Waals surface area (Å²) in [6.45, 7) is 2.23. The van der Waals surface area contributed by atoms with Gasteiger partial charge in [-0.2, -0.15) is 0 Å². The summed E-state index contributed by atoms with van der Waals surface area (Å²) < 4.78 is 0. The normalized spacial score (nSPS) is 12.7. The predicted molar refractivity (Wildman–Crippen MR) is 108 cm³/mol. The molecular formula is C24H16N2. The average Bonchev–Trinajstić information content (AvgIpc) is 3.07. The van der Waals surface area contributed by atoms with Crippen LogP contribution in [0.2, 0.25) is 0 Å². The maximum atomic E-state index is 5.17. The molecule has 0 bridgehead atoms. The number of nitrogens with zero attached hydrogens (tertiary/aromatic N) is 2. The molecule has 26 heavy (non-hydrogen) atoms. The van der Waals surface area contributed by atoms with E-state index < -0.39 is 0 Å². The number of pyridine rings is 2. The van der Waals surface area contributed by atoms with E-state index in [-0.39, 0.29) is 0 Å². The largest absolute Gasteiger partial charge is 0.254 e. The van der Waals surface area contributed by atoms with E-state index in [2.05, 4.69) is 66.5 Å². The van der Waals surface area contributed by atoms with Crippen LogP contribution in [0.5, 0.6) is 0 Å². The first-order valence-corrected chi connectivity index (χ1v) is 8.99. The van der Waals surface area contributed by atoms with Gasteiger partial charge in [-0.1, -0.05) is 54.6 Å². The standard InChI is InChI=1S/C24H16N2/c1-14-18-11-10-16-6-4-12-25-22(16)24(18)26-23-20(14)13-17-9-8-15-5-2-3-7-19(15)21(17)23/h2-12H,13H2,1H3. The number of aromatic nitrogens is 2. The maximum Gasteiger partial charge on any atom is 0.0974 e. The van der Waals surface area contributed by atoms with Gasteiger partial charge in [-0.3, -0.25) is 4.98 Å². The van der Waals surface area contributed by atoms with Crippen LogP contribution in [0.25, 0.3) is 43.8 Å². The first kappa shape index (κ1) is 14.0. The molecule has 1 aliphatic rings. The van der Waals surface area contributed by atoms with Crippen molar-refractivity contribution >= 4 is 32.6 Å². The molecule has 0 amide bonds. The first-order valence-electron chi connectivity index (χ1n) is 8.99. The second kappa shape index (κ2) is 4.89. The highest BCUT2D eigenvalue weighted by Gasteiger charge is 2.25. The molecular weight excluding hydrogens is 316 g/mol. The average molecular weight is 332 g/mol. The fourth-order valence-corrected chi connectivity index (χ4v) is 4.42. The third-order valence-corrected chi connectivity index (χ3v) is 5.73. The molecule has 0 radical (unpaired) electrons. The van der Waals surface area contributed by atoms with E-state index in [4.69, 9.17) is 4.98 Å². The van der Waals surface area contributed by atoms with Crippen molar-refractivity contribution in [1.82, 2.24) is 9.97 Å². The molecule has 0 aliphatic heterocycles. The van der Waals surface area contributed by atoms with Gasteiger partial charge in [-0.15, -0.1) is 0 Å². The summed E-state index contributed by atoms with van der Waals surface area (Å²) >= 11 is 0. The number of aryl methyl sites for hydroxylation is 1. The van der Waals surface area contributed by atoms with Crippen LogP contribution < -0.4 is 0 Å². The summed E-state index contributed by atoms with van der Waals surface area (Å²) in [6, 6.07) is 21.5. The monoisotopic (exact) mass is 332 g/mol. The molecule has 2 aromatic heterocycles. The Bertz CT molecular complexity index is 1370. The second-order valence-corrected chi connectivity index (χ2v) is 7.10. The molecule has 122 valence electrons. The molecule has 0 saturated carbocycles. The molecule has 1 aliphatic carbocycles. The van der Waals surface area contributed by atoms with Gasteiger partial charge in [0.2, 0.25) is 0 Å². The quantitative estimate of drug-likeness (QED) is 0.328. The molecule has 5 aromatic rings. The fraction of sp³-hybridized carbons (Fsp3) is 0.0833. The molecule has 0 saturated heterocycles. The second-order valence-electron chi connectivity index (χ2n) is 7.10. The Hall–Kier alpha value is -3.26. The highest BCUT2D eigenvalue weighted by molar-refractivity contribution is 6.08. The van der Waals surface area contributed by atoms with Crippen LogP contribution in [0, 0.1) is 6.92 Å². The fourth-order valence-electron chi connectivity index (χ4n) is 4.42. The Kier molecular flexibility index (Phi) is 2.63. The van der Waals surface area contributed by atoms with E-state index in [0.29, 0.717) is 0 Å². The minimum Gasteiger partial charge on any atom is -0.254 e. The van der Waals surface area contributed by atoms with Crippen LogP contribution in [-0.4, -0.2) is 9.97 Å². The third kappa shape index (κ3) is 1.71. The van der Waals surface area contributed by atoms with E-state index in [9.17, 15) is 0 Å². The van der Waals surface area contributed by atoms with Gasteiger partial charge in [0.25, 0.3) is 0 Å². The van der Waals surface area contributed by atoms with Crippen molar-refractivity contribution in [3.63, 3.8) is 0 Å². The predicted octanol–water partition coefficient (Wildman–Crippen LogP) is 5.82. The summed E-state index contributed by atoms with van der Waals surface area (Å²) in [5.74, 6) is 0. The summed E-state index contributed by atoms with van der Waals surface area (Å²) in [6.07, 6.45) is 2.82. The SMILES string of the molecule is Cc1c2c(nc3c1ccc1cccnc13)-c1c(ccc3ccccc13)C2. The number of benzene rings is 3. The van der Waals surface area contributed by atoms with Gasteiger partial charge in [0.15, 0.2) is 0 Å². The summed E-state index contributed by atoms with van der Waals surface area (Å²) in [5.41, 5.74) is 8.51. The first-order chi connectivity index (χ1) is 12.8. The molecule has 0 N–H and O–H groups in total. The maximum absolute atomic E-state index is 5.17. The Morgan fingerprint density at radius 2 is 1.62 bits per heavy atom. The molecule has 2 nitrogen and oxygen atoms in total. The van der Waals surface area contributed by atoms with E-state index in [1.54, 1.807) is 0 Å². The highest BCUT2D eigenvalue weighted by Crippen LogP contribution is 2.43. The molecule has 0 spiro atoms. The Morgan fingerprint density at radius 1 is 0.769 bits per heavy atom. The lowest BCUT2D eigenvalue weighted by atomic mass is 9.99. The number of fused-ring (bicyclic) bond motifs is 8. The van der Waals surface area contributed by atoms with Gasteiger partial charge in [-0.25, -0.2) is 4.98 Å². The smallest absolute Gasteiger partial charge is 0.0974 e.